The largest absolute Gasteiger partial charge is 0.480 e. The second-order valence-corrected chi connectivity index (χ2v) is 12.1. The fourth-order valence-electron chi connectivity index (χ4n) is 3.34. The molecule has 3 rings (SSSR count). The minimum Gasteiger partial charge on any atom is -0.480 e. The maximum Gasteiger partial charge on any atom is 0.445 e. The molecule has 192 valence electrons. The van der Waals surface area contributed by atoms with Gasteiger partial charge < -0.3 is 14.2 Å². The fraction of sp³-hybridized carbons (Fsp3) is 0.269. The van der Waals surface area contributed by atoms with Gasteiger partial charge in [0.25, 0.3) is 0 Å². The van der Waals surface area contributed by atoms with Gasteiger partial charge >= 0.3 is 13.6 Å². The average molecular weight is 568 g/mol. The van der Waals surface area contributed by atoms with E-state index in [1.807, 2.05) is 31.2 Å². The van der Waals surface area contributed by atoms with Gasteiger partial charge in [-0.2, -0.15) is 0 Å². The number of halogens is 2. The first-order valence-corrected chi connectivity index (χ1v) is 14.5. The summed E-state index contributed by atoms with van der Waals surface area (Å²) in [4.78, 5) is 12.9. The maximum absolute atomic E-state index is 14.3. The van der Waals surface area contributed by atoms with Gasteiger partial charge in [0.15, 0.2) is 0 Å². The zero-order valence-electron chi connectivity index (χ0n) is 20.4. The van der Waals surface area contributed by atoms with Crippen molar-refractivity contribution in [2.45, 2.75) is 45.1 Å². The highest BCUT2D eigenvalue weighted by molar-refractivity contribution is 7.97. The monoisotopic (exact) mass is 567 g/mol. The van der Waals surface area contributed by atoms with Crippen LogP contribution in [0.15, 0.2) is 65.6 Å². The minimum atomic E-state index is -3.99. The molecule has 0 aliphatic heterocycles. The van der Waals surface area contributed by atoms with Gasteiger partial charge in [-0.05, 0) is 98.8 Å². The Balaban J connectivity index is 2.01. The highest BCUT2D eigenvalue weighted by atomic mass is 35.5. The molecule has 3 aromatic rings. The number of carboxylic acids is 1. The summed E-state index contributed by atoms with van der Waals surface area (Å²) in [6.45, 7) is 7.34. The van der Waals surface area contributed by atoms with E-state index in [2.05, 4.69) is 0 Å². The molecule has 1 N–H and O–H groups in total. The van der Waals surface area contributed by atoms with E-state index in [9.17, 15) is 14.5 Å². The van der Waals surface area contributed by atoms with Crippen LogP contribution in [0.1, 0.15) is 30.0 Å². The summed E-state index contributed by atoms with van der Waals surface area (Å²) in [6.07, 6.45) is -0.00595. The van der Waals surface area contributed by atoms with Crippen LogP contribution in [0.5, 0.6) is 11.5 Å². The van der Waals surface area contributed by atoms with Crippen LogP contribution in [0.25, 0.3) is 0 Å². The molecule has 6 nitrogen and oxygen atoms in total. The van der Waals surface area contributed by atoms with Crippen molar-refractivity contribution in [1.29, 1.82) is 0 Å². The minimum absolute atomic E-state index is 0.286. The normalized spacial score (nSPS) is 12.4. The van der Waals surface area contributed by atoms with Crippen LogP contribution in [0.2, 0.25) is 10.0 Å². The standard InChI is InChI=1S/C26H28Cl2NO5PS/c1-5-25(26(30)31)29(36-22-10-6-17(2)7-11-22)16-35(32,33-20-8-12-23(27)18(3)14-20)34-21-9-13-24(28)19(4)15-21/h6-15,25H,5,16H2,1-4H3,(H,30,31). The van der Waals surface area contributed by atoms with Gasteiger partial charge in [0, 0.05) is 14.9 Å². The number of carboxylic acid groups (broad SMARTS) is 1. The number of rotatable bonds is 11. The van der Waals surface area contributed by atoms with Crippen LogP contribution in [-0.2, 0) is 9.36 Å². The van der Waals surface area contributed by atoms with Gasteiger partial charge in [0.05, 0.1) is 0 Å². The van der Waals surface area contributed by atoms with Crippen molar-refractivity contribution in [3.63, 3.8) is 0 Å². The van der Waals surface area contributed by atoms with Gasteiger partial charge in [0.1, 0.15) is 23.8 Å². The summed E-state index contributed by atoms with van der Waals surface area (Å²) in [5.74, 6) is -0.433. The third kappa shape index (κ3) is 7.67. The third-order valence-corrected chi connectivity index (χ3v) is 9.09. The Hall–Kier alpha value is -2.15. The van der Waals surface area contributed by atoms with Crippen LogP contribution < -0.4 is 9.05 Å². The van der Waals surface area contributed by atoms with E-state index in [1.165, 1.54) is 11.9 Å². The summed E-state index contributed by atoms with van der Waals surface area (Å²) < 4.78 is 27.8. The molecule has 1 atom stereocenters. The molecule has 0 saturated carbocycles. The lowest BCUT2D eigenvalue weighted by atomic mass is 10.2. The fourth-order valence-corrected chi connectivity index (χ4v) is 6.69. The Morgan fingerprint density at radius 1 is 0.944 bits per heavy atom. The van der Waals surface area contributed by atoms with Gasteiger partial charge in [-0.1, -0.05) is 47.8 Å². The second kappa shape index (κ2) is 12.4. The Labute approximate surface area is 226 Å². The summed E-state index contributed by atoms with van der Waals surface area (Å²) in [7, 11) is -3.99. The molecule has 0 aliphatic carbocycles. The summed E-state index contributed by atoms with van der Waals surface area (Å²) >= 11 is 13.5. The Bertz CT molecular complexity index is 1210. The van der Waals surface area contributed by atoms with E-state index >= 15 is 0 Å². The molecular weight excluding hydrogens is 540 g/mol. The summed E-state index contributed by atoms with van der Waals surface area (Å²) in [6, 6.07) is 16.5. The van der Waals surface area contributed by atoms with E-state index in [0.29, 0.717) is 21.5 Å². The van der Waals surface area contributed by atoms with Crippen molar-refractivity contribution in [1.82, 2.24) is 4.31 Å². The summed E-state index contributed by atoms with van der Waals surface area (Å²) in [5.41, 5.74) is 2.56. The van der Waals surface area contributed by atoms with E-state index < -0.39 is 19.6 Å². The van der Waals surface area contributed by atoms with Crippen molar-refractivity contribution in [2.24, 2.45) is 0 Å². The quantitative estimate of drug-likeness (QED) is 0.184. The lowest BCUT2D eigenvalue weighted by Gasteiger charge is -2.30. The molecule has 0 bridgehead atoms. The molecule has 10 heteroatoms. The van der Waals surface area contributed by atoms with Crippen molar-refractivity contribution >= 4 is 48.7 Å². The molecule has 0 aromatic heterocycles. The molecule has 0 amide bonds. The van der Waals surface area contributed by atoms with Crippen LogP contribution in [0.3, 0.4) is 0 Å². The number of aryl methyl sites for hydroxylation is 3. The van der Waals surface area contributed by atoms with Crippen LogP contribution >= 0.6 is 42.7 Å². The molecule has 1 unspecified atom stereocenters. The molecule has 0 fully saturated rings. The highest BCUT2D eigenvalue weighted by Crippen LogP contribution is 2.51. The number of aliphatic carboxylic acids is 1. The van der Waals surface area contributed by atoms with Crippen LogP contribution in [0.4, 0.5) is 0 Å². The molecular formula is C26H28Cl2NO5PS. The predicted molar refractivity (Wildman–Crippen MR) is 147 cm³/mol. The Morgan fingerprint density at radius 3 is 1.86 bits per heavy atom. The van der Waals surface area contributed by atoms with Crippen molar-refractivity contribution in [2.75, 3.05) is 6.29 Å². The number of hydrogen-bond donors (Lipinski definition) is 1. The molecule has 0 aliphatic rings. The number of nitrogens with zero attached hydrogens (tertiary/aromatic N) is 1. The smallest absolute Gasteiger partial charge is 0.445 e. The second-order valence-electron chi connectivity index (χ2n) is 8.34. The van der Waals surface area contributed by atoms with E-state index in [-0.39, 0.29) is 12.7 Å². The van der Waals surface area contributed by atoms with Gasteiger partial charge in [-0.25, -0.2) is 8.87 Å². The highest BCUT2D eigenvalue weighted by Gasteiger charge is 2.37. The van der Waals surface area contributed by atoms with Gasteiger partial charge in [-0.3, -0.25) is 4.79 Å². The Morgan fingerprint density at radius 2 is 1.44 bits per heavy atom. The molecule has 0 radical (unpaired) electrons. The molecule has 0 saturated heterocycles. The average Bonchev–Trinajstić information content (AvgIpc) is 2.80. The first-order valence-electron chi connectivity index (χ1n) is 11.2. The topological polar surface area (TPSA) is 76.1 Å². The van der Waals surface area contributed by atoms with Crippen molar-refractivity contribution in [3.05, 3.63) is 87.4 Å². The van der Waals surface area contributed by atoms with Crippen molar-refractivity contribution in [3.8, 4) is 11.5 Å². The maximum atomic E-state index is 14.3. The third-order valence-electron chi connectivity index (χ3n) is 5.32. The number of benzene rings is 3. The van der Waals surface area contributed by atoms with Crippen LogP contribution in [0, 0.1) is 20.8 Å². The summed E-state index contributed by atoms with van der Waals surface area (Å²) in [5, 5.41) is 11.0. The van der Waals surface area contributed by atoms with Gasteiger partial charge in [-0.15, -0.1) is 0 Å². The Kier molecular flexibility index (Phi) is 9.79. The molecule has 36 heavy (non-hydrogen) atoms. The zero-order chi connectivity index (χ0) is 26.5. The molecule has 0 spiro atoms. The SMILES string of the molecule is CCC(C(=O)O)N(CP(=O)(Oc1ccc(Cl)c(C)c1)Oc1ccc(Cl)c(C)c1)Sc1ccc(C)cc1. The van der Waals surface area contributed by atoms with Gasteiger partial charge in [0.2, 0.25) is 0 Å². The lowest BCUT2D eigenvalue weighted by Crippen LogP contribution is -2.37. The van der Waals surface area contributed by atoms with E-state index in [0.717, 1.165) is 21.6 Å². The number of carbonyl (C=O) groups is 1. The van der Waals surface area contributed by atoms with Crippen LogP contribution in [-0.4, -0.2) is 27.7 Å². The first kappa shape index (κ1) is 28.4. The molecule has 3 aromatic carbocycles. The predicted octanol–water partition coefficient (Wildman–Crippen LogP) is 8.40. The lowest BCUT2D eigenvalue weighted by molar-refractivity contribution is -0.141. The van der Waals surface area contributed by atoms with E-state index in [4.69, 9.17) is 32.2 Å². The van der Waals surface area contributed by atoms with E-state index in [1.54, 1.807) is 61.5 Å². The first-order chi connectivity index (χ1) is 17.0. The van der Waals surface area contributed by atoms with Crippen molar-refractivity contribution < 1.29 is 23.5 Å². The molecule has 0 heterocycles. The number of hydrogen-bond acceptors (Lipinski definition) is 6. The zero-order valence-corrected chi connectivity index (χ0v) is 23.6.